The van der Waals surface area contributed by atoms with Crippen molar-refractivity contribution in [2.75, 3.05) is 0 Å². The summed E-state index contributed by atoms with van der Waals surface area (Å²) in [5.41, 5.74) is 11.8. The van der Waals surface area contributed by atoms with E-state index in [0.29, 0.717) is 6.54 Å². The summed E-state index contributed by atoms with van der Waals surface area (Å²) in [6.45, 7) is 4.71. The van der Waals surface area contributed by atoms with Gasteiger partial charge in [-0.05, 0) is 37.1 Å². The molecule has 3 nitrogen and oxygen atoms in total. The van der Waals surface area contributed by atoms with E-state index in [-0.39, 0.29) is 0 Å². The van der Waals surface area contributed by atoms with E-state index >= 15 is 0 Å². The van der Waals surface area contributed by atoms with Crippen LogP contribution >= 0.6 is 0 Å². The summed E-state index contributed by atoms with van der Waals surface area (Å²) in [5, 5.41) is 0. The maximum atomic E-state index is 5.67. The number of hydrogen-bond donors (Lipinski definition) is 1. The summed E-state index contributed by atoms with van der Waals surface area (Å²) in [4.78, 5) is 4.32. The molecule has 96 valence electrons. The monoisotopic (exact) mass is 251 g/mol. The smallest absolute Gasteiger partial charge is 0.127 e. The number of nitrogens with zero attached hydrogens (tertiary/aromatic N) is 2. The van der Waals surface area contributed by atoms with E-state index in [1.165, 1.54) is 22.3 Å². The van der Waals surface area contributed by atoms with Crippen molar-refractivity contribution >= 4 is 5.52 Å². The summed E-state index contributed by atoms with van der Waals surface area (Å²) >= 11 is 0. The lowest BCUT2D eigenvalue weighted by Crippen LogP contribution is -2.02. The molecule has 3 heteroatoms. The molecule has 2 aromatic heterocycles. The van der Waals surface area contributed by atoms with Crippen LogP contribution in [-0.4, -0.2) is 9.38 Å². The van der Waals surface area contributed by atoms with Crippen molar-refractivity contribution in [3.05, 3.63) is 59.7 Å². The van der Waals surface area contributed by atoms with Crippen LogP contribution in [0.1, 0.15) is 17.0 Å². The molecule has 3 aromatic rings. The lowest BCUT2D eigenvalue weighted by Gasteiger charge is -2.06. The van der Waals surface area contributed by atoms with Crippen LogP contribution < -0.4 is 5.73 Å². The molecule has 0 fully saturated rings. The van der Waals surface area contributed by atoms with Crippen molar-refractivity contribution in [1.29, 1.82) is 0 Å². The number of aryl methyl sites for hydroxylation is 2. The van der Waals surface area contributed by atoms with Gasteiger partial charge in [-0.1, -0.05) is 29.3 Å². The second kappa shape index (κ2) is 4.52. The van der Waals surface area contributed by atoms with Crippen molar-refractivity contribution in [1.82, 2.24) is 9.38 Å². The highest BCUT2D eigenvalue weighted by atomic mass is 15.0. The van der Waals surface area contributed by atoms with E-state index in [4.69, 9.17) is 5.73 Å². The Labute approximate surface area is 112 Å². The summed E-state index contributed by atoms with van der Waals surface area (Å²) in [6.07, 6.45) is 3.91. The highest BCUT2D eigenvalue weighted by Crippen LogP contribution is 2.24. The lowest BCUT2D eigenvalue weighted by atomic mass is 10.0. The summed E-state index contributed by atoms with van der Waals surface area (Å²) in [7, 11) is 0. The zero-order valence-corrected chi connectivity index (χ0v) is 11.2. The van der Waals surface area contributed by atoms with E-state index in [1.54, 1.807) is 0 Å². The Kier molecular flexibility index (Phi) is 2.84. The van der Waals surface area contributed by atoms with Gasteiger partial charge in [-0.3, -0.25) is 0 Å². The van der Waals surface area contributed by atoms with Gasteiger partial charge >= 0.3 is 0 Å². The van der Waals surface area contributed by atoms with E-state index in [1.807, 2.05) is 16.8 Å². The van der Waals surface area contributed by atoms with Crippen molar-refractivity contribution in [2.24, 2.45) is 5.73 Å². The zero-order chi connectivity index (χ0) is 13.4. The molecule has 0 aliphatic carbocycles. The van der Waals surface area contributed by atoms with Gasteiger partial charge in [-0.25, -0.2) is 4.98 Å². The van der Waals surface area contributed by atoms with Crippen LogP contribution in [0.5, 0.6) is 0 Å². The summed E-state index contributed by atoms with van der Waals surface area (Å²) in [6, 6.07) is 10.9. The Hall–Kier alpha value is -2.13. The zero-order valence-electron chi connectivity index (χ0n) is 11.2. The van der Waals surface area contributed by atoms with Crippen LogP contribution in [-0.2, 0) is 6.54 Å². The van der Waals surface area contributed by atoms with Crippen molar-refractivity contribution in [2.45, 2.75) is 20.4 Å². The molecule has 19 heavy (non-hydrogen) atoms. The van der Waals surface area contributed by atoms with E-state index in [2.05, 4.69) is 49.2 Å². The molecule has 1 aromatic carbocycles. The number of nitrogens with two attached hydrogens (primary N) is 1. The van der Waals surface area contributed by atoms with Crippen LogP contribution in [0.25, 0.3) is 16.6 Å². The topological polar surface area (TPSA) is 43.3 Å². The highest BCUT2D eigenvalue weighted by molar-refractivity contribution is 5.69. The van der Waals surface area contributed by atoms with Gasteiger partial charge in [-0.15, -0.1) is 0 Å². The fraction of sp³-hybridized carbons (Fsp3) is 0.188. The van der Waals surface area contributed by atoms with Crippen molar-refractivity contribution in [3.63, 3.8) is 0 Å². The average Bonchev–Trinajstić information content (AvgIpc) is 2.79. The predicted octanol–water partition coefficient (Wildman–Crippen LogP) is 3.08. The predicted molar refractivity (Wildman–Crippen MR) is 78.0 cm³/mol. The van der Waals surface area contributed by atoms with Gasteiger partial charge in [0.1, 0.15) is 5.82 Å². The standard InChI is InChI=1S/C16H17N3/c1-11-5-12(2)7-14(6-11)13-3-4-19-15(8-13)10-18-16(19)9-17/h3-8,10H,9,17H2,1-2H3. The molecular weight excluding hydrogens is 234 g/mol. The lowest BCUT2D eigenvalue weighted by molar-refractivity contribution is 0.904. The number of hydrogen-bond acceptors (Lipinski definition) is 2. The maximum Gasteiger partial charge on any atom is 0.127 e. The number of aromatic nitrogens is 2. The first-order valence-corrected chi connectivity index (χ1v) is 6.42. The van der Waals surface area contributed by atoms with Gasteiger partial charge in [0.05, 0.1) is 18.3 Å². The van der Waals surface area contributed by atoms with Crippen LogP contribution in [0.15, 0.2) is 42.7 Å². The van der Waals surface area contributed by atoms with E-state index < -0.39 is 0 Å². The van der Waals surface area contributed by atoms with Gasteiger partial charge in [0.15, 0.2) is 0 Å². The Morgan fingerprint density at radius 3 is 2.47 bits per heavy atom. The Morgan fingerprint density at radius 1 is 1.05 bits per heavy atom. The third-order valence-electron chi connectivity index (χ3n) is 3.35. The first-order valence-electron chi connectivity index (χ1n) is 6.42. The normalized spacial score (nSPS) is 11.1. The van der Waals surface area contributed by atoms with Crippen LogP contribution in [0.2, 0.25) is 0 Å². The molecule has 0 radical (unpaired) electrons. The Balaban J connectivity index is 2.15. The maximum absolute atomic E-state index is 5.67. The minimum atomic E-state index is 0.455. The van der Waals surface area contributed by atoms with Crippen LogP contribution in [0.4, 0.5) is 0 Å². The second-order valence-electron chi connectivity index (χ2n) is 4.97. The molecule has 0 unspecified atom stereocenters. The fourth-order valence-corrected chi connectivity index (χ4v) is 2.53. The number of rotatable bonds is 2. The van der Waals surface area contributed by atoms with Crippen LogP contribution in [0, 0.1) is 13.8 Å². The molecule has 0 atom stereocenters. The van der Waals surface area contributed by atoms with E-state index in [9.17, 15) is 0 Å². The first kappa shape index (κ1) is 11.9. The summed E-state index contributed by atoms with van der Waals surface area (Å²) < 4.78 is 2.03. The fourth-order valence-electron chi connectivity index (χ4n) is 2.53. The third kappa shape index (κ3) is 2.13. The van der Waals surface area contributed by atoms with Gasteiger partial charge in [-0.2, -0.15) is 0 Å². The Morgan fingerprint density at radius 2 is 1.79 bits per heavy atom. The molecule has 0 amide bonds. The number of benzene rings is 1. The minimum Gasteiger partial charge on any atom is -0.324 e. The Bertz CT molecular complexity index is 721. The number of fused-ring (bicyclic) bond motifs is 1. The van der Waals surface area contributed by atoms with Crippen LogP contribution in [0.3, 0.4) is 0 Å². The van der Waals surface area contributed by atoms with Gasteiger partial charge in [0.25, 0.3) is 0 Å². The number of imidazole rings is 1. The number of pyridine rings is 1. The second-order valence-corrected chi connectivity index (χ2v) is 4.97. The molecule has 2 N–H and O–H groups in total. The molecule has 2 heterocycles. The first-order chi connectivity index (χ1) is 9.17. The molecule has 0 aliphatic heterocycles. The molecule has 3 rings (SSSR count). The largest absolute Gasteiger partial charge is 0.324 e. The summed E-state index contributed by atoms with van der Waals surface area (Å²) in [5.74, 6) is 0.891. The quantitative estimate of drug-likeness (QED) is 0.760. The van der Waals surface area contributed by atoms with Gasteiger partial charge < -0.3 is 10.1 Å². The molecule has 0 spiro atoms. The SMILES string of the molecule is Cc1cc(C)cc(-c2ccn3c(CN)ncc3c2)c1. The van der Waals surface area contributed by atoms with E-state index in [0.717, 1.165) is 11.3 Å². The minimum absolute atomic E-state index is 0.455. The van der Waals surface area contributed by atoms with Crippen molar-refractivity contribution in [3.8, 4) is 11.1 Å². The average molecular weight is 251 g/mol. The van der Waals surface area contributed by atoms with Gasteiger partial charge in [0, 0.05) is 6.20 Å². The highest BCUT2D eigenvalue weighted by Gasteiger charge is 2.04. The van der Waals surface area contributed by atoms with Crippen molar-refractivity contribution < 1.29 is 0 Å². The molecule has 0 saturated carbocycles. The van der Waals surface area contributed by atoms with Gasteiger partial charge in [0.2, 0.25) is 0 Å². The molecule has 0 aliphatic rings. The molecule has 0 bridgehead atoms. The third-order valence-corrected chi connectivity index (χ3v) is 3.35. The molecular formula is C16H17N3. The molecule has 0 saturated heterocycles.